The van der Waals surface area contributed by atoms with E-state index in [1.54, 1.807) is 12.1 Å². The Labute approximate surface area is 165 Å². The van der Waals surface area contributed by atoms with Crippen LogP contribution in [-0.2, 0) is 11.3 Å². The number of likely N-dealkylation sites (tertiary alicyclic amines) is 1. The first kappa shape index (κ1) is 19.3. The molecule has 0 saturated carbocycles. The van der Waals surface area contributed by atoms with E-state index in [9.17, 15) is 4.79 Å². The Morgan fingerprint density at radius 2 is 1.78 bits per heavy atom. The van der Waals surface area contributed by atoms with Crippen LogP contribution in [0.3, 0.4) is 0 Å². The number of hydrogen-bond acceptors (Lipinski definition) is 4. The highest BCUT2D eigenvalue weighted by molar-refractivity contribution is 7.80. The molecule has 0 amide bonds. The number of thiocarbonyl (C=S) groups is 1. The Morgan fingerprint density at radius 1 is 1.11 bits per heavy atom. The van der Waals surface area contributed by atoms with Crippen molar-refractivity contribution >= 4 is 29.0 Å². The van der Waals surface area contributed by atoms with Crippen molar-refractivity contribution in [3.63, 3.8) is 0 Å². The van der Waals surface area contributed by atoms with Gasteiger partial charge >= 0.3 is 5.97 Å². The lowest BCUT2D eigenvalue weighted by molar-refractivity contribution is 0.0601. The van der Waals surface area contributed by atoms with Crippen molar-refractivity contribution in [3.05, 3.63) is 65.7 Å². The van der Waals surface area contributed by atoms with Crippen molar-refractivity contribution in [1.82, 2.24) is 10.2 Å². The van der Waals surface area contributed by atoms with E-state index in [1.807, 2.05) is 12.1 Å². The van der Waals surface area contributed by atoms with Gasteiger partial charge in [-0.3, -0.25) is 4.90 Å². The number of carbonyl (C=O) groups excluding carboxylic acids is 1. The van der Waals surface area contributed by atoms with E-state index < -0.39 is 0 Å². The maximum atomic E-state index is 11.5. The lowest BCUT2D eigenvalue weighted by Crippen LogP contribution is -2.45. The molecule has 0 atom stereocenters. The van der Waals surface area contributed by atoms with E-state index in [0.717, 1.165) is 38.2 Å². The number of rotatable bonds is 5. The Bertz CT molecular complexity index is 757. The number of nitrogens with zero attached hydrogens (tertiary/aromatic N) is 1. The number of esters is 1. The molecular weight excluding hydrogens is 358 g/mol. The molecule has 1 fully saturated rings. The van der Waals surface area contributed by atoms with Crippen LogP contribution in [0.1, 0.15) is 28.8 Å². The van der Waals surface area contributed by atoms with E-state index in [-0.39, 0.29) is 5.97 Å². The van der Waals surface area contributed by atoms with Gasteiger partial charge in [-0.15, -0.1) is 0 Å². The Hall–Kier alpha value is -2.44. The number of benzene rings is 2. The van der Waals surface area contributed by atoms with Crippen LogP contribution < -0.4 is 10.6 Å². The number of hydrogen-bond donors (Lipinski definition) is 2. The van der Waals surface area contributed by atoms with Gasteiger partial charge in [0.1, 0.15) is 0 Å². The smallest absolute Gasteiger partial charge is 0.337 e. The molecule has 0 spiro atoms. The fourth-order valence-electron chi connectivity index (χ4n) is 3.24. The highest BCUT2D eigenvalue weighted by atomic mass is 32.1. The summed E-state index contributed by atoms with van der Waals surface area (Å²) >= 11 is 5.43. The summed E-state index contributed by atoms with van der Waals surface area (Å²) in [5.74, 6) is -0.343. The van der Waals surface area contributed by atoms with Gasteiger partial charge in [-0.1, -0.05) is 30.3 Å². The number of carbonyl (C=O) groups is 1. The van der Waals surface area contributed by atoms with Gasteiger partial charge in [0.25, 0.3) is 0 Å². The van der Waals surface area contributed by atoms with Gasteiger partial charge in [0.2, 0.25) is 0 Å². The number of methoxy groups -OCH3 is 1. The van der Waals surface area contributed by atoms with Gasteiger partial charge in [-0.05, 0) is 54.9 Å². The summed E-state index contributed by atoms with van der Waals surface area (Å²) in [7, 11) is 1.37. The second-order valence-electron chi connectivity index (χ2n) is 6.70. The van der Waals surface area contributed by atoms with Gasteiger partial charge < -0.3 is 15.4 Å². The van der Waals surface area contributed by atoms with Crippen molar-refractivity contribution < 1.29 is 9.53 Å². The molecule has 2 aromatic rings. The fraction of sp³-hybridized carbons (Fsp3) is 0.333. The molecule has 3 rings (SSSR count). The molecule has 0 radical (unpaired) electrons. The average Bonchev–Trinajstić information content (AvgIpc) is 2.70. The molecule has 0 aliphatic carbocycles. The van der Waals surface area contributed by atoms with Crippen molar-refractivity contribution in [2.75, 3.05) is 25.5 Å². The zero-order chi connectivity index (χ0) is 19.1. The van der Waals surface area contributed by atoms with E-state index >= 15 is 0 Å². The first-order chi connectivity index (χ1) is 13.1. The lowest BCUT2D eigenvalue weighted by Gasteiger charge is -2.33. The maximum absolute atomic E-state index is 11.5. The predicted octanol–water partition coefficient (Wildman–Crippen LogP) is 3.42. The Kier molecular flexibility index (Phi) is 6.79. The second kappa shape index (κ2) is 9.48. The quantitative estimate of drug-likeness (QED) is 0.610. The van der Waals surface area contributed by atoms with Gasteiger partial charge in [0.05, 0.1) is 12.7 Å². The summed E-state index contributed by atoms with van der Waals surface area (Å²) in [6, 6.07) is 18.0. The summed E-state index contributed by atoms with van der Waals surface area (Å²) in [5, 5.41) is 7.19. The normalized spacial score (nSPS) is 15.1. The van der Waals surface area contributed by atoms with E-state index in [4.69, 9.17) is 17.0 Å². The molecule has 5 nitrogen and oxygen atoms in total. The standard InChI is InChI=1S/C21H25N3O2S/c1-26-20(25)17-7-9-18(10-8-17)22-21(27)23-19-11-13-24(14-12-19)15-16-5-3-2-4-6-16/h2-10,19H,11-15H2,1H3,(H2,22,23,27). The largest absolute Gasteiger partial charge is 0.465 e. The second-order valence-corrected chi connectivity index (χ2v) is 7.11. The first-order valence-electron chi connectivity index (χ1n) is 9.16. The SMILES string of the molecule is COC(=O)c1ccc(NC(=S)NC2CCN(Cc3ccccc3)CC2)cc1. The Morgan fingerprint density at radius 3 is 2.41 bits per heavy atom. The number of ether oxygens (including phenoxy) is 1. The zero-order valence-corrected chi connectivity index (χ0v) is 16.3. The Balaban J connectivity index is 1.42. The fourth-order valence-corrected chi connectivity index (χ4v) is 3.52. The van der Waals surface area contributed by atoms with Crippen molar-refractivity contribution in [2.45, 2.75) is 25.4 Å². The highest BCUT2D eigenvalue weighted by Crippen LogP contribution is 2.15. The minimum absolute atomic E-state index is 0.343. The van der Waals surface area contributed by atoms with E-state index in [2.05, 4.69) is 45.9 Å². The summed E-state index contributed by atoms with van der Waals surface area (Å²) in [4.78, 5) is 13.9. The van der Waals surface area contributed by atoms with E-state index in [1.165, 1.54) is 12.7 Å². The van der Waals surface area contributed by atoms with Crippen LogP contribution in [0.4, 0.5) is 5.69 Å². The van der Waals surface area contributed by atoms with Gasteiger partial charge in [0, 0.05) is 31.4 Å². The molecular formula is C21H25N3O2S. The molecule has 0 aromatic heterocycles. The van der Waals surface area contributed by atoms with Crippen LogP contribution in [0.2, 0.25) is 0 Å². The third kappa shape index (κ3) is 5.77. The van der Waals surface area contributed by atoms with E-state index in [0.29, 0.717) is 16.7 Å². The highest BCUT2D eigenvalue weighted by Gasteiger charge is 2.19. The minimum Gasteiger partial charge on any atom is -0.465 e. The lowest BCUT2D eigenvalue weighted by atomic mass is 10.0. The number of piperidine rings is 1. The third-order valence-corrected chi connectivity index (χ3v) is 4.96. The van der Waals surface area contributed by atoms with Crippen molar-refractivity contribution in [1.29, 1.82) is 0 Å². The number of anilines is 1. The molecule has 2 aromatic carbocycles. The van der Waals surface area contributed by atoms with Crippen LogP contribution >= 0.6 is 12.2 Å². The summed E-state index contributed by atoms with van der Waals surface area (Å²) in [6.45, 7) is 3.12. The molecule has 6 heteroatoms. The monoisotopic (exact) mass is 383 g/mol. The van der Waals surface area contributed by atoms with Gasteiger partial charge in [0.15, 0.2) is 5.11 Å². The maximum Gasteiger partial charge on any atom is 0.337 e. The summed E-state index contributed by atoms with van der Waals surface area (Å²) in [6.07, 6.45) is 2.13. The van der Waals surface area contributed by atoms with Gasteiger partial charge in [-0.2, -0.15) is 0 Å². The van der Waals surface area contributed by atoms with Crippen molar-refractivity contribution in [3.8, 4) is 0 Å². The number of nitrogens with one attached hydrogen (secondary N) is 2. The predicted molar refractivity (Wildman–Crippen MR) is 112 cm³/mol. The summed E-state index contributed by atoms with van der Waals surface area (Å²) < 4.78 is 4.70. The third-order valence-electron chi connectivity index (χ3n) is 4.74. The van der Waals surface area contributed by atoms with Gasteiger partial charge in [-0.25, -0.2) is 4.79 Å². The van der Waals surface area contributed by atoms with Crippen molar-refractivity contribution in [2.24, 2.45) is 0 Å². The van der Waals surface area contributed by atoms with Crippen LogP contribution in [0.5, 0.6) is 0 Å². The summed E-state index contributed by atoms with van der Waals surface area (Å²) in [5.41, 5.74) is 2.73. The molecule has 0 bridgehead atoms. The van der Waals surface area contributed by atoms with Crippen LogP contribution in [0.15, 0.2) is 54.6 Å². The molecule has 0 unspecified atom stereocenters. The molecule has 142 valence electrons. The molecule has 1 heterocycles. The molecule has 27 heavy (non-hydrogen) atoms. The molecule has 1 saturated heterocycles. The molecule has 2 N–H and O–H groups in total. The average molecular weight is 384 g/mol. The van der Waals surface area contributed by atoms with Crippen LogP contribution in [-0.4, -0.2) is 42.2 Å². The van der Waals surface area contributed by atoms with Crippen LogP contribution in [0.25, 0.3) is 0 Å². The topological polar surface area (TPSA) is 53.6 Å². The molecule has 1 aliphatic rings. The zero-order valence-electron chi connectivity index (χ0n) is 15.5. The van der Waals surface area contributed by atoms with Crippen LogP contribution in [0, 0.1) is 0 Å². The minimum atomic E-state index is -0.343. The first-order valence-corrected chi connectivity index (χ1v) is 9.57. The molecule has 1 aliphatic heterocycles.